The van der Waals surface area contributed by atoms with E-state index in [0.717, 1.165) is 101 Å². The van der Waals surface area contributed by atoms with Gasteiger partial charge in [-0.2, -0.15) is 0 Å². The molecule has 4 aromatic rings. The average molecular weight is 1880 g/mol. The van der Waals surface area contributed by atoms with Crippen LogP contribution in [0.15, 0.2) is 89.2 Å². The fraction of sp³-hybridized carbons (Fsp3) is 0.741. The average Bonchev–Trinajstić information content (AvgIpc) is 1.56. The van der Waals surface area contributed by atoms with Crippen LogP contribution in [0.25, 0.3) is 22.8 Å². The van der Waals surface area contributed by atoms with Gasteiger partial charge >= 0.3 is 0 Å². The van der Waals surface area contributed by atoms with E-state index < -0.39 is 0 Å². The zero-order chi connectivity index (χ0) is 87.0. The maximum absolute atomic E-state index is 15.3. The topological polar surface area (TPSA) is 81.2 Å². The fourth-order valence-corrected chi connectivity index (χ4v) is 24.1. The molecule has 4 aliphatic heterocycles. The number of hydrogen-bond acceptors (Lipinski definition) is 8. The summed E-state index contributed by atoms with van der Waals surface area (Å²) in [5.41, 5.74) is 6.18. The van der Waals surface area contributed by atoms with E-state index >= 15 is 19.2 Å². The second-order valence-corrected chi connectivity index (χ2v) is 44.3. The van der Waals surface area contributed by atoms with Gasteiger partial charge < -0.3 is 19.6 Å². The van der Waals surface area contributed by atoms with Crippen LogP contribution in [0.5, 0.6) is 0 Å². The molecule has 8 rings (SSSR count). The van der Waals surface area contributed by atoms with Gasteiger partial charge in [-0.1, -0.05) is 427 Å². The van der Waals surface area contributed by atoms with Crippen molar-refractivity contribution in [2.75, 3.05) is 26.2 Å². The van der Waals surface area contributed by atoms with Gasteiger partial charge in [0, 0.05) is 26.2 Å². The highest BCUT2D eigenvalue weighted by Crippen LogP contribution is 2.52. The minimum atomic E-state index is 0.0364. The van der Waals surface area contributed by atoms with Crippen LogP contribution in [0, 0.1) is 23.7 Å². The Morgan fingerprint density at radius 1 is 0.230 bits per heavy atom. The summed E-state index contributed by atoms with van der Waals surface area (Å²) in [6.07, 6.45) is 82.2. The quantitative estimate of drug-likeness (QED) is 0.0413. The second-order valence-electron chi connectivity index (χ2n) is 37.5. The molecule has 4 aromatic heterocycles. The predicted molar refractivity (Wildman–Crippen MR) is 542 cm³/mol. The second kappa shape index (κ2) is 65.2. The number of carbonyl (C=O) groups is 4. The maximum atomic E-state index is 15.3. The monoisotopic (exact) mass is 1880 g/mol. The van der Waals surface area contributed by atoms with Crippen LogP contribution in [0.1, 0.15) is 486 Å². The van der Waals surface area contributed by atoms with Crippen LogP contribution in [0.2, 0.25) is 0 Å². The normalized spacial score (nSPS) is 15.3. The number of thiophene rings is 4. The Kier molecular flexibility index (Phi) is 56.5. The Balaban J connectivity index is 0.000000336. The Morgan fingerprint density at radius 3 is 0.557 bits per heavy atom. The van der Waals surface area contributed by atoms with Crippen LogP contribution in [0.4, 0.5) is 0 Å². The lowest BCUT2D eigenvalue weighted by Crippen LogP contribution is -2.34. The van der Waals surface area contributed by atoms with Crippen molar-refractivity contribution in [2.24, 2.45) is 23.7 Å². The lowest BCUT2D eigenvalue weighted by atomic mass is 9.93. The van der Waals surface area contributed by atoms with Crippen molar-refractivity contribution in [3.8, 4) is 0 Å². The largest absolute Gasteiger partial charge is 0.306 e. The van der Waals surface area contributed by atoms with Gasteiger partial charge in [0.1, 0.15) is 0 Å². The molecule has 0 N–H and O–H groups in total. The minimum absolute atomic E-state index is 0.0364. The Morgan fingerprint density at radius 2 is 0.402 bits per heavy atom. The molecule has 0 aromatic carbocycles. The molecule has 4 amide bonds. The van der Waals surface area contributed by atoms with E-state index in [4.69, 9.17) is 0 Å². The third kappa shape index (κ3) is 37.2. The predicted octanol–water partition coefficient (Wildman–Crippen LogP) is 36.3. The minimum Gasteiger partial charge on any atom is -0.306 e. The molecule has 0 spiro atoms. The van der Waals surface area contributed by atoms with Crippen molar-refractivity contribution in [2.45, 2.75) is 466 Å². The molecular weight excluding hydrogens is 1710 g/mol. The lowest BCUT2D eigenvalue weighted by molar-refractivity contribution is -0.124. The van der Waals surface area contributed by atoms with E-state index in [1.807, 2.05) is 0 Å². The van der Waals surface area contributed by atoms with Crippen LogP contribution >= 0.6 is 77.2 Å². The van der Waals surface area contributed by atoms with E-state index in [-0.39, 0.29) is 23.6 Å². The Hall–Kier alpha value is -3.40. The van der Waals surface area contributed by atoms with E-state index in [0.29, 0.717) is 72.1 Å². The van der Waals surface area contributed by atoms with Gasteiger partial charge in [0.2, 0.25) is 0 Å². The summed E-state index contributed by atoms with van der Waals surface area (Å²) in [6, 6.07) is 16.9. The molecule has 8 heterocycles. The van der Waals surface area contributed by atoms with Crippen molar-refractivity contribution in [1.29, 1.82) is 0 Å². The standard InChI is InChI=1S/C54H86Br2N2O2S2.C54H88N2O2S2/c1-5-9-13-17-21-23-27-31-35-43(33-29-25-19-15-11-7-3)41-57-51(45-37-39-47(55)61-45)49-50(53(57)59)52(46-38-40-48(56)62-46)58(54(49)60)42-44(34-30-26-20-16-12-8-4)36-32-28-24-22-18-14-10-6-2;1-5-9-13-17-21-23-27-31-37-45(35-29-25-19-15-11-7-3)43-55-51(47-39-33-41-59-47)49-50(53(55)57)52(48-40-34-42-60-48)56(54(49)58)44-46(36-30-26-20-16-12-8-4)38-32-28-24-22-18-14-10-6-2/h37-40,43-44H,5-36,41-42H2,1-4H3;33-34,39-42,45-46H,5-32,35-38,43-44H2,1-4H3. The van der Waals surface area contributed by atoms with Crippen LogP contribution in [-0.4, -0.2) is 69.4 Å². The Labute approximate surface area is 780 Å². The van der Waals surface area contributed by atoms with Crippen molar-refractivity contribution < 1.29 is 19.2 Å². The number of unbranched alkanes of at least 4 members (excludes halogenated alkanes) is 48. The summed E-state index contributed by atoms with van der Waals surface area (Å²) >= 11 is 14.2. The number of halogens is 2. The fourth-order valence-electron chi connectivity index (χ4n) is 19.7. The van der Waals surface area contributed by atoms with Crippen molar-refractivity contribution in [3.63, 3.8) is 0 Å². The molecule has 4 aliphatic rings. The van der Waals surface area contributed by atoms with E-state index in [2.05, 4.69) is 166 Å². The number of rotatable bonds is 76. The van der Waals surface area contributed by atoms with Crippen molar-refractivity contribution >= 4 is 124 Å². The van der Waals surface area contributed by atoms with Crippen molar-refractivity contribution in [3.05, 3.63) is 109 Å². The third-order valence-electron chi connectivity index (χ3n) is 27.0. The number of fused-ring (bicyclic) bond motifs is 2. The zero-order valence-electron chi connectivity index (χ0n) is 79.0. The molecule has 688 valence electrons. The van der Waals surface area contributed by atoms with Crippen LogP contribution < -0.4 is 0 Å². The van der Waals surface area contributed by atoms with Gasteiger partial charge in [-0.3, -0.25) is 19.2 Å². The van der Waals surface area contributed by atoms with Gasteiger partial charge in [-0.25, -0.2) is 0 Å². The summed E-state index contributed by atoms with van der Waals surface area (Å²) in [6.45, 7) is 21.1. The highest BCUT2D eigenvalue weighted by molar-refractivity contribution is 9.11. The van der Waals surface area contributed by atoms with E-state index in [9.17, 15) is 0 Å². The first-order valence-corrected chi connectivity index (χ1v) is 56.7. The maximum Gasteiger partial charge on any atom is 0.261 e. The molecule has 122 heavy (non-hydrogen) atoms. The van der Waals surface area contributed by atoms with Gasteiger partial charge in [0.25, 0.3) is 23.6 Å². The van der Waals surface area contributed by atoms with E-state index in [1.165, 1.54) is 360 Å². The van der Waals surface area contributed by atoms with Gasteiger partial charge in [-0.05, 0) is 154 Å². The molecule has 14 heteroatoms. The molecule has 4 atom stereocenters. The zero-order valence-corrected chi connectivity index (χ0v) is 85.4. The number of hydrogen-bond donors (Lipinski definition) is 0. The number of nitrogens with zero attached hydrogens (tertiary/aromatic N) is 4. The molecule has 0 saturated heterocycles. The Bertz CT molecular complexity index is 3350. The lowest BCUT2D eigenvalue weighted by Gasteiger charge is -2.29. The highest BCUT2D eigenvalue weighted by atomic mass is 79.9. The van der Waals surface area contributed by atoms with E-state index in [1.54, 1.807) is 45.3 Å². The SMILES string of the molecule is CCCCCCCCCCC(CCCCCCCC)CN1C(=O)C2=C(c3ccc(Br)s3)N(CC(CCCCCCCC)CCCCCCCCCC)C(=O)C2=C1c1ccc(Br)s1.CCCCCCCCCCC(CCCCCCCC)CN1C(=O)C2=C(c3cccs3)N(CC(CCCCCCCC)CCCCCCCCCC)C(=O)C2=C1c1cccs1. The molecule has 0 saturated carbocycles. The summed E-state index contributed by atoms with van der Waals surface area (Å²) in [4.78, 5) is 73.4. The first-order chi connectivity index (χ1) is 59.9. The molecule has 0 aliphatic carbocycles. The first-order valence-electron chi connectivity index (χ1n) is 51.7. The summed E-state index contributed by atoms with van der Waals surface area (Å²) in [5, 5.41) is 4.22. The number of amides is 4. The highest BCUT2D eigenvalue weighted by Gasteiger charge is 2.52. The first kappa shape index (κ1) is 106. The third-order valence-corrected chi connectivity index (χ3v) is 32.0. The molecule has 4 unspecified atom stereocenters. The van der Waals surface area contributed by atoms with Gasteiger partial charge in [0.05, 0.1) is 72.2 Å². The van der Waals surface area contributed by atoms with Crippen LogP contribution in [-0.2, 0) is 19.2 Å². The number of carbonyl (C=O) groups excluding carboxylic acids is 4. The molecular formula is C108H174Br2N4O4S4. The van der Waals surface area contributed by atoms with Crippen LogP contribution in [0.3, 0.4) is 0 Å². The summed E-state index contributed by atoms with van der Waals surface area (Å²) < 4.78 is 2.06. The molecule has 0 fully saturated rings. The molecule has 0 bridgehead atoms. The van der Waals surface area contributed by atoms with Gasteiger partial charge in [0.15, 0.2) is 0 Å². The molecule has 0 radical (unpaired) electrons. The summed E-state index contributed by atoms with van der Waals surface area (Å²) in [5.74, 6) is 1.92. The van der Waals surface area contributed by atoms with Crippen molar-refractivity contribution in [1.82, 2.24) is 19.6 Å². The summed E-state index contributed by atoms with van der Waals surface area (Å²) in [7, 11) is 0. The van der Waals surface area contributed by atoms with Gasteiger partial charge in [-0.15, -0.1) is 45.3 Å². The smallest absolute Gasteiger partial charge is 0.261 e. The molecule has 8 nitrogen and oxygen atoms in total.